The second-order valence-corrected chi connectivity index (χ2v) is 8.70. The number of fused-ring (bicyclic) bond motifs is 4. The summed E-state index contributed by atoms with van der Waals surface area (Å²) in [5.74, 6) is 1.51. The van der Waals surface area contributed by atoms with Gasteiger partial charge in [-0.05, 0) is 70.1 Å². The number of nitrogens with zero attached hydrogens (tertiary/aromatic N) is 1. The van der Waals surface area contributed by atoms with Gasteiger partial charge in [0.05, 0.1) is 16.2 Å². The maximum Gasteiger partial charge on any atom is 0.261 e. The van der Waals surface area contributed by atoms with Crippen LogP contribution in [0.1, 0.15) is 43.3 Å². The Morgan fingerprint density at radius 2 is 2.12 bits per heavy atom. The summed E-state index contributed by atoms with van der Waals surface area (Å²) in [7, 11) is 0. The van der Waals surface area contributed by atoms with Crippen LogP contribution in [-0.2, 0) is 0 Å². The van der Waals surface area contributed by atoms with Crippen LogP contribution in [0.25, 0.3) is 10.1 Å². The number of piperidine rings is 3. The molecule has 1 N–H and O–H groups in total. The molecule has 4 heterocycles. The number of hydrogen-bond acceptors (Lipinski definition) is 4. The van der Waals surface area contributed by atoms with Crippen molar-refractivity contribution in [2.75, 3.05) is 19.7 Å². The second-order valence-electron chi connectivity index (χ2n) is 7.65. The van der Waals surface area contributed by atoms with Crippen molar-refractivity contribution < 1.29 is 9.53 Å². The van der Waals surface area contributed by atoms with Crippen molar-refractivity contribution >= 4 is 27.3 Å². The Kier molecular flexibility index (Phi) is 4.24. The number of carbonyl (C=O) groups is 1. The molecule has 0 radical (unpaired) electrons. The standard InChI is InChI=1S/C20H26N2O2S/c1-4-24-15-7-5-6-14-12-16(25-17(14)15)19(23)21-18-13-8-10-22(11-9-13)20(18,2)3/h5-7,12-13,18H,4,8-11H2,1-3H3,(H,21,23)/t18-/m0/s1. The van der Waals surface area contributed by atoms with Crippen LogP contribution >= 0.6 is 11.3 Å². The van der Waals surface area contributed by atoms with Crippen molar-refractivity contribution in [1.82, 2.24) is 10.2 Å². The van der Waals surface area contributed by atoms with Crippen LogP contribution in [0.15, 0.2) is 24.3 Å². The first-order chi connectivity index (χ1) is 12.0. The Morgan fingerprint density at radius 3 is 2.80 bits per heavy atom. The van der Waals surface area contributed by atoms with Gasteiger partial charge >= 0.3 is 0 Å². The van der Waals surface area contributed by atoms with Crippen LogP contribution < -0.4 is 10.1 Å². The number of benzene rings is 1. The second kappa shape index (κ2) is 6.29. The van der Waals surface area contributed by atoms with Crippen LogP contribution in [0.5, 0.6) is 5.75 Å². The number of carbonyl (C=O) groups excluding carboxylic acids is 1. The van der Waals surface area contributed by atoms with Gasteiger partial charge in [0, 0.05) is 11.6 Å². The van der Waals surface area contributed by atoms with Gasteiger partial charge in [0.2, 0.25) is 0 Å². The zero-order chi connectivity index (χ0) is 17.6. The van der Waals surface area contributed by atoms with E-state index in [-0.39, 0.29) is 17.5 Å². The maximum atomic E-state index is 13.0. The molecule has 0 spiro atoms. The number of thiophene rings is 1. The van der Waals surface area contributed by atoms with Crippen molar-refractivity contribution in [1.29, 1.82) is 0 Å². The highest BCUT2D eigenvalue weighted by Crippen LogP contribution is 2.39. The molecule has 2 bridgehead atoms. The van der Waals surface area contributed by atoms with E-state index in [1.165, 1.54) is 24.2 Å². The molecule has 3 saturated heterocycles. The quantitative estimate of drug-likeness (QED) is 0.901. The van der Waals surface area contributed by atoms with Crippen molar-refractivity contribution in [2.45, 2.75) is 45.2 Å². The van der Waals surface area contributed by atoms with E-state index in [1.807, 2.05) is 31.2 Å². The van der Waals surface area contributed by atoms with E-state index in [9.17, 15) is 4.79 Å². The molecule has 0 saturated carbocycles. The van der Waals surface area contributed by atoms with Crippen molar-refractivity contribution in [3.8, 4) is 5.75 Å². The van der Waals surface area contributed by atoms with E-state index < -0.39 is 0 Å². The van der Waals surface area contributed by atoms with E-state index in [4.69, 9.17) is 4.74 Å². The van der Waals surface area contributed by atoms with Gasteiger partial charge in [0.15, 0.2) is 0 Å². The van der Waals surface area contributed by atoms with E-state index in [2.05, 4.69) is 24.1 Å². The van der Waals surface area contributed by atoms with Crippen molar-refractivity contribution in [3.05, 3.63) is 29.1 Å². The fourth-order valence-electron chi connectivity index (χ4n) is 4.51. The number of amides is 1. The Morgan fingerprint density at radius 1 is 1.36 bits per heavy atom. The number of ether oxygens (including phenoxy) is 1. The predicted octanol–water partition coefficient (Wildman–Crippen LogP) is 3.90. The summed E-state index contributed by atoms with van der Waals surface area (Å²) in [6.45, 7) is 9.46. The molecule has 5 heteroatoms. The third kappa shape index (κ3) is 2.83. The molecule has 134 valence electrons. The van der Waals surface area contributed by atoms with Crippen LogP contribution in [0.4, 0.5) is 0 Å². The Hall–Kier alpha value is -1.59. The van der Waals surface area contributed by atoms with Gasteiger partial charge in [0.25, 0.3) is 5.91 Å². The average molecular weight is 359 g/mol. The first-order valence-electron chi connectivity index (χ1n) is 9.22. The predicted molar refractivity (Wildman–Crippen MR) is 103 cm³/mol. The van der Waals surface area contributed by atoms with Gasteiger partial charge in [-0.15, -0.1) is 11.3 Å². The van der Waals surface area contributed by atoms with E-state index >= 15 is 0 Å². The Balaban J connectivity index is 1.59. The summed E-state index contributed by atoms with van der Waals surface area (Å²) in [6, 6.07) is 8.22. The smallest absolute Gasteiger partial charge is 0.261 e. The molecule has 3 aliphatic rings. The molecule has 1 aromatic heterocycles. The summed E-state index contributed by atoms with van der Waals surface area (Å²) < 4.78 is 6.77. The topological polar surface area (TPSA) is 41.6 Å². The summed E-state index contributed by atoms with van der Waals surface area (Å²) >= 11 is 1.53. The average Bonchev–Trinajstić information content (AvgIpc) is 3.04. The van der Waals surface area contributed by atoms with Gasteiger partial charge in [0.1, 0.15) is 5.75 Å². The number of rotatable bonds is 4. The largest absolute Gasteiger partial charge is 0.492 e. The van der Waals surface area contributed by atoms with E-state index in [0.29, 0.717) is 12.5 Å². The maximum absolute atomic E-state index is 13.0. The number of hydrogen-bond donors (Lipinski definition) is 1. The van der Waals surface area contributed by atoms with Gasteiger partial charge in [-0.3, -0.25) is 9.69 Å². The molecule has 3 aliphatic heterocycles. The molecule has 0 aliphatic carbocycles. The van der Waals surface area contributed by atoms with Crippen molar-refractivity contribution in [3.63, 3.8) is 0 Å². The lowest BCUT2D eigenvalue weighted by Gasteiger charge is -2.56. The highest BCUT2D eigenvalue weighted by atomic mass is 32.1. The minimum absolute atomic E-state index is 0.0317. The molecule has 5 rings (SSSR count). The molecule has 0 unspecified atom stereocenters. The van der Waals surface area contributed by atoms with Gasteiger partial charge in [-0.25, -0.2) is 0 Å². The zero-order valence-corrected chi connectivity index (χ0v) is 16.0. The fraction of sp³-hybridized carbons (Fsp3) is 0.550. The summed E-state index contributed by atoms with van der Waals surface area (Å²) in [4.78, 5) is 16.3. The monoisotopic (exact) mass is 358 g/mol. The SMILES string of the molecule is CCOc1cccc2cc(C(=O)N[C@H]3C4CCN(CC4)C3(C)C)sc12. The number of nitrogens with one attached hydrogen (secondary N) is 1. The van der Waals surface area contributed by atoms with Gasteiger partial charge in [-0.1, -0.05) is 12.1 Å². The minimum Gasteiger partial charge on any atom is -0.492 e. The van der Waals surface area contributed by atoms with Crippen LogP contribution in [0.2, 0.25) is 0 Å². The Labute approximate surface area is 153 Å². The summed E-state index contributed by atoms with van der Waals surface area (Å²) in [5, 5.41) is 4.44. The van der Waals surface area contributed by atoms with Crippen LogP contribution in [-0.4, -0.2) is 42.1 Å². The molecule has 1 atom stereocenters. The summed E-state index contributed by atoms with van der Waals surface area (Å²) in [6.07, 6.45) is 2.38. The third-order valence-electron chi connectivity index (χ3n) is 5.91. The normalized spacial score (nSPS) is 27.4. The first kappa shape index (κ1) is 16.9. The molecule has 3 fully saturated rings. The summed E-state index contributed by atoms with van der Waals surface area (Å²) in [5.41, 5.74) is 0.0317. The lowest BCUT2D eigenvalue weighted by atomic mass is 9.72. The molecule has 4 nitrogen and oxygen atoms in total. The van der Waals surface area contributed by atoms with Crippen LogP contribution in [0, 0.1) is 5.92 Å². The van der Waals surface area contributed by atoms with Gasteiger partial charge < -0.3 is 10.1 Å². The first-order valence-corrected chi connectivity index (χ1v) is 10.0. The minimum atomic E-state index is 0.0317. The highest BCUT2D eigenvalue weighted by molar-refractivity contribution is 7.21. The molecule has 2 aromatic rings. The molecule has 1 amide bonds. The van der Waals surface area contributed by atoms with E-state index in [1.54, 1.807) is 0 Å². The molecular formula is C20H26N2O2S. The zero-order valence-electron chi connectivity index (χ0n) is 15.2. The lowest BCUT2D eigenvalue weighted by molar-refractivity contribution is -0.0377. The molecular weight excluding hydrogens is 332 g/mol. The molecule has 25 heavy (non-hydrogen) atoms. The third-order valence-corrected chi connectivity index (χ3v) is 7.07. The van der Waals surface area contributed by atoms with Gasteiger partial charge in [-0.2, -0.15) is 0 Å². The molecule has 1 aromatic carbocycles. The van der Waals surface area contributed by atoms with E-state index in [0.717, 1.165) is 33.8 Å². The lowest BCUT2D eigenvalue weighted by Crippen LogP contribution is -2.69. The Bertz CT molecular complexity index is 790. The van der Waals surface area contributed by atoms with Crippen molar-refractivity contribution in [2.24, 2.45) is 5.92 Å². The van der Waals surface area contributed by atoms with Crippen LogP contribution in [0.3, 0.4) is 0 Å². The fourth-order valence-corrected chi connectivity index (χ4v) is 5.54. The highest BCUT2D eigenvalue weighted by Gasteiger charge is 2.48.